The number of fused-ring (bicyclic) bond motifs is 2. The molecule has 4 aromatic rings. The fraction of sp³-hybridized carbons (Fsp3) is 0.324. The number of rotatable bonds is 9. The largest absolute Gasteiger partial charge is 0.465 e. The van der Waals surface area contributed by atoms with Crippen molar-refractivity contribution in [3.63, 3.8) is 0 Å². The summed E-state index contributed by atoms with van der Waals surface area (Å²) in [6.45, 7) is 3.44. The maximum absolute atomic E-state index is 12.4. The van der Waals surface area contributed by atoms with Crippen LogP contribution in [0.25, 0.3) is 0 Å². The van der Waals surface area contributed by atoms with Crippen LogP contribution in [0.1, 0.15) is 58.0 Å². The minimum Gasteiger partial charge on any atom is -0.465 e. The van der Waals surface area contributed by atoms with E-state index in [-0.39, 0.29) is 12.1 Å². The Balaban J connectivity index is 1.21. The first-order valence-electron chi connectivity index (χ1n) is 14.6. The number of carbonyl (C=O) groups is 1. The summed E-state index contributed by atoms with van der Waals surface area (Å²) in [6, 6.07) is 25.4. The number of nitrogens with zero attached hydrogens (tertiary/aromatic N) is 4. The molecule has 2 atom stereocenters. The number of benzene rings is 2. The molecule has 0 unspecified atom stereocenters. The van der Waals surface area contributed by atoms with Gasteiger partial charge in [-0.3, -0.25) is 19.8 Å². The van der Waals surface area contributed by atoms with Crippen LogP contribution in [-0.4, -0.2) is 43.6 Å². The molecule has 0 saturated carbocycles. The highest BCUT2D eigenvalue weighted by Gasteiger charge is 2.34. The molecule has 0 bridgehead atoms. The lowest BCUT2D eigenvalue weighted by Gasteiger charge is -2.41. The highest BCUT2D eigenvalue weighted by molar-refractivity contribution is 5.66. The van der Waals surface area contributed by atoms with Gasteiger partial charge >= 0.3 is 6.09 Å². The number of amides is 1. The monoisotopic (exact) mass is 547 g/mol. The van der Waals surface area contributed by atoms with Gasteiger partial charge < -0.3 is 10.4 Å². The van der Waals surface area contributed by atoms with E-state index in [1.807, 2.05) is 48.9 Å². The van der Waals surface area contributed by atoms with Gasteiger partial charge in [-0.05, 0) is 77.3 Å². The molecule has 2 aliphatic rings. The Bertz CT molecular complexity index is 1460. The average Bonchev–Trinajstić information content (AvgIpc) is 3.01. The van der Waals surface area contributed by atoms with Gasteiger partial charge in [0.2, 0.25) is 0 Å². The molecule has 0 radical (unpaired) electrons. The highest BCUT2D eigenvalue weighted by atomic mass is 16.4. The van der Waals surface area contributed by atoms with Gasteiger partial charge in [-0.25, -0.2) is 4.79 Å². The normalized spacial score (nSPS) is 18.1. The summed E-state index contributed by atoms with van der Waals surface area (Å²) in [5, 5.41) is 13.7. The minimum absolute atomic E-state index is 0.117. The van der Waals surface area contributed by atoms with Crippen molar-refractivity contribution in [2.75, 3.05) is 6.54 Å². The number of hydrogen-bond acceptors (Lipinski definition) is 5. The number of pyridine rings is 2. The molecule has 41 heavy (non-hydrogen) atoms. The second-order valence-electron chi connectivity index (χ2n) is 11.2. The summed E-state index contributed by atoms with van der Waals surface area (Å²) in [4.78, 5) is 25.4. The molecule has 0 fully saturated rings. The average molecular weight is 548 g/mol. The van der Waals surface area contributed by atoms with Crippen LogP contribution in [-0.2, 0) is 39.0 Å². The Hall–Kier alpha value is -4.07. The van der Waals surface area contributed by atoms with Gasteiger partial charge in [0, 0.05) is 51.3 Å². The predicted octanol–water partition coefficient (Wildman–Crippen LogP) is 5.75. The van der Waals surface area contributed by atoms with Crippen molar-refractivity contribution in [3.05, 3.63) is 130 Å². The van der Waals surface area contributed by atoms with Gasteiger partial charge in [0.15, 0.2) is 0 Å². The predicted molar refractivity (Wildman–Crippen MR) is 159 cm³/mol. The molecule has 0 saturated heterocycles. The molecule has 6 rings (SSSR count). The zero-order valence-electron chi connectivity index (χ0n) is 23.3. The second-order valence-corrected chi connectivity index (χ2v) is 11.2. The van der Waals surface area contributed by atoms with Crippen molar-refractivity contribution in [2.24, 2.45) is 0 Å². The molecule has 1 aliphatic heterocycles. The number of aromatic nitrogens is 2. The first-order valence-corrected chi connectivity index (χ1v) is 14.6. The van der Waals surface area contributed by atoms with Crippen LogP contribution >= 0.6 is 0 Å². The quantitative estimate of drug-likeness (QED) is 0.278. The molecule has 1 aliphatic carbocycles. The number of carboxylic acid groups (broad SMARTS) is 1. The zero-order chi connectivity index (χ0) is 28.0. The molecule has 1 amide bonds. The minimum atomic E-state index is -0.852. The first kappa shape index (κ1) is 27.1. The molecule has 2 aromatic heterocycles. The maximum atomic E-state index is 12.4. The molecule has 0 spiro atoms. The van der Waals surface area contributed by atoms with E-state index in [0.29, 0.717) is 13.1 Å². The van der Waals surface area contributed by atoms with Crippen LogP contribution in [0.4, 0.5) is 4.79 Å². The Kier molecular flexibility index (Phi) is 8.35. The fourth-order valence-electron chi connectivity index (χ4n) is 6.34. The zero-order valence-corrected chi connectivity index (χ0v) is 23.3. The lowest BCUT2D eigenvalue weighted by molar-refractivity contribution is 0.0755. The van der Waals surface area contributed by atoms with Gasteiger partial charge in [-0.2, -0.15) is 0 Å². The standard InChI is InChI=1S/C34H37N5O2/c40-34(41)39-23-30-6-2-1-5-29(30)19-31(39)24-38(32-9-3-7-28-8-4-16-37-33(28)32)22-27-12-10-25(11-13-27)20-36-21-26-14-17-35-18-15-26/h1-2,4-6,8,10-18,31-32,36H,3,7,9,19-24H2,(H,40,41)/t31-,32+/m1/s1. The Labute approximate surface area is 241 Å². The highest BCUT2D eigenvalue weighted by Crippen LogP contribution is 2.35. The smallest absolute Gasteiger partial charge is 0.407 e. The number of nitrogens with one attached hydrogen (secondary N) is 1. The van der Waals surface area contributed by atoms with E-state index >= 15 is 0 Å². The molecule has 7 heteroatoms. The summed E-state index contributed by atoms with van der Waals surface area (Å²) in [5.41, 5.74) is 8.50. The van der Waals surface area contributed by atoms with Crippen molar-refractivity contribution < 1.29 is 9.90 Å². The lowest BCUT2D eigenvalue weighted by Crippen LogP contribution is -2.50. The summed E-state index contributed by atoms with van der Waals surface area (Å²) >= 11 is 0. The fourth-order valence-corrected chi connectivity index (χ4v) is 6.34. The van der Waals surface area contributed by atoms with Gasteiger partial charge in [0.25, 0.3) is 0 Å². The van der Waals surface area contributed by atoms with Gasteiger partial charge in [0.05, 0.1) is 17.8 Å². The molecule has 2 N–H and O–H groups in total. The third-order valence-electron chi connectivity index (χ3n) is 8.47. The van der Waals surface area contributed by atoms with Crippen molar-refractivity contribution in [1.29, 1.82) is 0 Å². The first-order chi connectivity index (χ1) is 20.1. The summed E-state index contributed by atoms with van der Waals surface area (Å²) in [6.07, 6.45) is 8.59. The van der Waals surface area contributed by atoms with E-state index < -0.39 is 6.09 Å². The molecular weight excluding hydrogens is 510 g/mol. The van der Waals surface area contributed by atoms with Crippen molar-refractivity contribution >= 4 is 6.09 Å². The van der Waals surface area contributed by atoms with Crippen LogP contribution in [0.2, 0.25) is 0 Å². The topological polar surface area (TPSA) is 81.6 Å². The van der Waals surface area contributed by atoms with E-state index in [1.165, 1.54) is 27.8 Å². The number of aryl methyl sites for hydroxylation is 1. The van der Waals surface area contributed by atoms with E-state index in [1.54, 1.807) is 4.90 Å². The molecule has 3 heterocycles. The summed E-state index contributed by atoms with van der Waals surface area (Å²) in [5.74, 6) is 0. The third-order valence-corrected chi connectivity index (χ3v) is 8.47. The SMILES string of the molecule is O=C(O)N1Cc2ccccc2C[C@@H]1CN(Cc1ccc(CNCc2ccncc2)cc1)[C@H]1CCCc2cccnc21. The Morgan fingerprint density at radius 2 is 1.59 bits per heavy atom. The van der Waals surface area contributed by atoms with Gasteiger partial charge in [0.1, 0.15) is 0 Å². The van der Waals surface area contributed by atoms with E-state index in [0.717, 1.165) is 56.6 Å². The maximum Gasteiger partial charge on any atom is 0.407 e. The van der Waals surface area contributed by atoms with Gasteiger partial charge in [-0.15, -0.1) is 0 Å². The third kappa shape index (κ3) is 6.47. The second kappa shape index (κ2) is 12.6. The van der Waals surface area contributed by atoms with Crippen LogP contribution in [0, 0.1) is 0 Å². The van der Waals surface area contributed by atoms with Crippen LogP contribution < -0.4 is 5.32 Å². The van der Waals surface area contributed by atoms with Crippen molar-refractivity contribution in [2.45, 2.75) is 63.9 Å². The van der Waals surface area contributed by atoms with E-state index in [2.05, 4.69) is 57.7 Å². The molecular formula is C34H37N5O2. The van der Waals surface area contributed by atoms with E-state index in [9.17, 15) is 9.90 Å². The van der Waals surface area contributed by atoms with Crippen molar-refractivity contribution in [3.8, 4) is 0 Å². The van der Waals surface area contributed by atoms with Crippen LogP contribution in [0.5, 0.6) is 0 Å². The van der Waals surface area contributed by atoms with E-state index in [4.69, 9.17) is 4.98 Å². The summed E-state index contributed by atoms with van der Waals surface area (Å²) < 4.78 is 0. The molecule has 2 aromatic carbocycles. The van der Waals surface area contributed by atoms with Crippen molar-refractivity contribution in [1.82, 2.24) is 25.1 Å². The number of hydrogen-bond donors (Lipinski definition) is 2. The Morgan fingerprint density at radius 1 is 0.878 bits per heavy atom. The molecule has 210 valence electrons. The Morgan fingerprint density at radius 3 is 2.37 bits per heavy atom. The lowest BCUT2D eigenvalue weighted by atomic mass is 9.89. The molecule has 7 nitrogen and oxygen atoms in total. The van der Waals surface area contributed by atoms with Crippen LogP contribution in [0.3, 0.4) is 0 Å². The van der Waals surface area contributed by atoms with Gasteiger partial charge in [-0.1, -0.05) is 54.6 Å². The summed E-state index contributed by atoms with van der Waals surface area (Å²) in [7, 11) is 0. The van der Waals surface area contributed by atoms with Crippen LogP contribution in [0.15, 0.2) is 91.4 Å².